The minimum absolute atomic E-state index is 0.0292. The number of halogens is 1. The summed E-state index contributed by atoms with van der Waals surface area (Å²) in [6.07, 6.45) is 0. The highest BCUT2D eigenvalue weighted by Crippen LogP contribution is 2.25. The number of benzene rings is 3. The van der Waals surface area contributed by atoms with Crippen molar-refractivity contribution in [2.45, 2.75) is 6.54 Å². The fourth-order valence-electron chi connectivity index (χ4n) is 4.32. The van der Waals surface area contributed by atoms with E-state index in [1.807, 2.05) is 83.8 Å². The molecule has 1 amide bonds. The quantitative estimate of drug-likeness (QED) is 0.462. The number of amides is 1. The molecule has 5 rings (SSSR count). The van der Waals surface area contributed by atoms with E-state index in [4.69, 9.17) is 11.6 Å². The molecule has 1 saturated heterocycles. The third-order valence-corrected chi connectivity index (χ3v) is 6.27. The van der Waals surface area contributed by atoms with Gasteiger partial charge in [0.15, 0.2) is 0 Å². The second-order valence-corrected chi connectivity index (χ2v) is 8.50. The summed E-state index contributed by atoms with van der Waals surface area (Å²) in [5.74, 6) is -0.0812. The van der Waals surface area contributed by atoms with Crippen molar-refractivity contribution in [1.82, 2.24) is 14.5 Å². The van der Waals surface area contributed by atoms with Crippen LogP contribution in [0.4, 0.5) is 5.69 Å². The van der Waals surface area contributed by atoms with E-state index < -0.39 is 5.69 Å². The first kappa shape index (κ1) is 21.2. The van der Waals surface area contributed by atoms with Gasteiger partial charge >= 0.3 is 5.69 Å². The first-order valence-electron chi connectivity index (χ1n) is 10.9. The van der Waals surface area contributed by atoms with Gasteiger partial charge in [-0.05, 0) is 24.3 Å². The van der Waals surface area contributed by atoms with Gasteiger partial charge in [0, 0.05) is 47.8 Å². The summed E-state index contributed by atoms with van der Waals surface area (Å²) in [4.78, 5) is 34.5. The molecule has 3 aromatic carbocycles. The zero-order valence-electron chi connectivity index (χ0n) is 18.0. The Balaban J connectivity index is 1.37. The molecule has 1 aliphatic rings. The molecule has 0 saturated carbocycles. The summed E-state index contributed by atoms with van der Waals surface area (Å²) in [6.45, 7) is 2.58. The van der Waals surface area contributed by atoms with E-state index in [0.29, 0.717) is 42.4 Å². The molecule has 0 unspecified atom stereocenters. The molecule has 4 aromatic rings. The Kier molecular flexibility index (Phi) is 5.84. The molecule has 0 N–H and O–H groups in total. The van der Waals surface area contributed by atoms with E-state index in [2.05, 4.69) is 9.88 Å². The van der Waals surface area contributed by atoms with Gasteiger partial charge in [-0.2, -0.15) is 4.98 Å². The maximum absolute atomic E-state index is 13.1. The van der Waals surface area contributed by atoms with Crippen LogP contribution in [0, 0.1) is 0 Å². The van der Waals surface area contributed by atoms with Crippen molar-refractivity contribution in [1.29, 1.82) is 0 Å². The maximum atomic E-state index is 13.1. The first-order valence-corrected chi connectivity index (χ1v) is 11.3. The van der Waals surface area contributed by atoms with Crippen LogP contribution < -0.4 is 10.6 Å². The Morgan fingerprint density at radius 3 is 2.36 bits per heavy atom. The van der Waals surface area contributed by atoms with Crippen molar-refractivity contribution >= 4 is 34.1 Å². The summed E-state index contributed by atoms with van der Waals surface area (Å²) < 4.78 is 1.48. The van der Waals surface area contributed by atoms with E-state index in [9.17, 15) is 9.59 Å². The number of hydrogen-bond donors (Lipinski definition) is 0. The average molecular weight is 459 g/mol. The Morgan fingerprint density at radius 1 is 0.879 bits per heavy atom. The lowest BCUT2D eigenvalue weighted by atomic mass is 10.1. The van der Waals surface area contributed by atoms with Crippen LogP contribution in [0.2, 0.25) is 5.02 Å². The predicted octanol–water partition coefficient (Wildman–Crippen LogP) is 4.07. The lowest BCUT2D eigenvalue weighted by molar-refractivity contribution is -0.132. The smallest absolute Gasteiger partial charge is 0.349 e. The lowest BCUT2D eigenvalue weighted by Crippen LogP contribution is -2.50. The van der Waals surface area contributed by atoms with E-state index >= 15 is 0 Å². The molecule has 6 nitrogen and oxygen atoms in total. The van der Waals surface area contributed by atoms with Crippen LogP contribution in [-0.4, -0.2) is 46.5 Å². The van der Waals surface area contributed by atoms with Gasteiger partial charge in [-0.25, -0.2) is 4.79 Å². The van der Waals surface area contributed by atoms with Gasteiger partial charge in [-0.1, -0.05) is 66.2 Å². The SMILES string of the molecule is O=C(Cn1c(=O)nc(-c2ccccc2)c2ccccc21)N1CCN(c2cccc(Cl)c2)CC1. The monoisotopic (exact) mass is 458 g/mol. The lowest BCUT2D eigenvalue weighted by Gasteiger charge is -2.36. The number of fused-ring (bicyclic) bond motifs is 1. The van der Waals surface area contributed by atoms with Crippen LogP contribution in [0.3, 0.4) is 0 Å². The van der Waals surface area contributed by atoms with Crippen LogP contribution in [0.15, 0.2) is 83.7 Å². The fourth-order valence-corrected chi connectivity index (χ4v) is 4.50. The Morgan fingerprint density at radius 2 is 1.61 bits per heavy atom. The van der Waals surface area contributed by atoms with Gasteiger partial charge < -0.3 is 9.80 Å². The summed E-state index contributed by atoms with van der Waals surface area (Å²) in [7, 11) is 0. The average Bonchev–Trinajstić information content (AvgIpc) is 2.86. The molecular weight excluding hydrogens is 436 g/mol. The molecule has 0 aliphatic carbocycles. The van der Waals surface area contributed by atoms with E-state index in [1.54, 1.807) is 0 Å². The highest BCUT2D eigenvalue weighted by atomic mass is 35.5. The molecule has 33 heavy (non-hydrogen) atoms. The predicted molar refractivity (Wildman–Crippen MR) is 132 cm³/mol. The molecule has 1 aromatic heterocycles. The molecule has 1 fully saturated rings. The van der Waals surface area contributed by atoms with Crippen molar-refractivity contribution in [3.05, 3.63) is 94.4 Å². The van der Waals surface area contributed by atoms with Gasteiger partial charge in [-0.15, -0.1) is 0 Å². The van der Waals surface area contributed by atoms with Gasteiger partial charge in [-0.3, -0.25) is 9.36 Å². The number of nitrogens with zero attached hydrogens (tertiary/aromatic N) is 4. The zero-order chi connectivity index (χ0) is 22.8. The molecule has 0 spiro atoms. The molecular formula is C26H23ClN4O2. The van der Waals surface area contributed by atoms with Crippen LogP contribution in [0.25, 0.3) is 22.2 Å². The normalized spacial score (nSPS) is 14.0. The van der Waals surface area contributed by atoms with Crippen LogP contribution in [0.1, 0.15) is 0 Å². The highest BCUT2D eigenvalue weighted by molar-refractivity contribution is 6.30. The van der Waals surface area contributed by atoms with Crippen molar-refractivity contribution in [3.8, 4) is 11.3 Å². The van der Waals surface area contributed by atoms with Crippen LogP contribution in [0.5, 0.6) is 0 Å². The summed E-state index contributed by atoms with van der Waals surface area (Å²) >= 11 is 6.12. The second-order valence-electron chi connectivity index (χ2n) is 8.06. The number of carbonyl (C=O) groups is 1. The van der Waals surface area contributed by atoms with Crippen molar-refractivity contribution < 1.29 is 4.79 Å². The van der Waals surface area contributed by atoms with Crippen molar-refractivity contribution in [2.24, 2.45) is 0 Å². The standard InChI is InChI=1S/C26H23ClN4O2/c27-20-9-6-10-21(17-20)29-13-15-30(16-14-29)24(32)18-31-23-12-5-4-11-22(23)25(28-26(31)33)19-7-2-1-3-8-19/h1-12,17H,13-16,18H2. The molecule has 0 bridgehead atoms. The summed E-state index contributed by atoms with van der Waals surface area (Å²) in [6, 6.07) is 25.0. The fraction of sp³-hybridized carbons (Fsp3) is 0.192. The van der Waals surface area contributed by atoms with Crippen LogP contribution in [-0.2, 0) is 11.3 Å². The number of aromatic nitrogens is 2. The van der Waals surface area contributed by atoms with Gasteiger partial charge in [0.05, 0.1) is 11.2 Å². The molecule has 2 heterocycles. The Labute approximate surface area is 196 Å². The van der Waals surface area contributed by atoms with Gasteiger partial charge in [0.25, 0.3) is 0 Å². The third-order valence-electron chi connectivity index (χ3n) is 6.03. The number of carbonyl (C=O) groups excluding carboxylic acids is 1. The largest absolute Gasteiger partial charge is 0.368 e. The summed E-state index contributed by atoms with van der Waals surface area (Å²) in [5.41, 5.74) is 2.86. The second kappa shape index (κ2) is 9.08. The van der Waals surface area contributed by atoms with E-state index in [0.717, 1.165) is 16.6 Å². The third kappa shape index (κ3) is 4.34. The summed E-state index contributed by atoms with van der Waals surface area (Å²) in [5, 5.41) is 1.55. The van der Waals surface area contributed by atoms with Crippen LogP contribution >= 0.6 is 11.6 Å². The van der Waals surface area contributed by atoms with Gasteiger partial charge in [0.2, 0.25) is 5.91 Å². The zero-order valence-corrected chi connectivity index (χ0v) is 18.8. The number of anilines is 1. The van der Waals surface area contributed by atoms with E-state index in [1.165, 1.54) is 4.57 Å². The van der Waals surface area contributed by atoms with Crippen molar-refractivity contribution in [3.63, 3.8) is 0 Å². The molecule has 0 atom stereocenters. The number of piperazine rings is 1. The van der Waals surface area contributed by atoms with Gasteiger partial charge in [0.1, 0.15) is 6.54 Å². The number of para-hydroxylation sites is 1. The Hall–Kier alpha value is -3.64. The minimum atomic E-state index is -0.418. The number of rotatable bonds is 4. The number of hydrogen-bond acceptors (Lipinski definition) is 4. The topological polar surface area (TPSA) is 58.4 Å². The molecule has 1 aliphatic heterocycles. The maximum Gasteiger partial charge on any atom is 0.349 e. The molecule has 166 valence electrons. The Bertz CT molecular complexity index is 1360. The molecule has 0 radical (unpaired) electrons. The minimum Gasteiger partial charge on any atom is -0.368 e. The first-order chi connectivity index (χ1) is 16.1. The molecule has 7 heteroatoms. The highest BCUT2D eigenvalue weighted by Gasteiger charge is 2.23. The van der Waals surface area contributed by atoms with Crippen molar-refractivity contribution in [2.75, 3.05) is 31.1 Å². The van der Waals surface area contributed by atoms with E-state index in [-0.39, 0.29) is 12.5 Å².